The van der Waals surface area contributed by atoms with E-state index in [4.69, 9.17) is 23.7 Å². The van der Waals surface area contributed by atoms with Crippen molar-refractivity contribution in [3.05, 3.63) is 133 Å². The molecule has 0 amide bonds. The standard InChI is InChI=1S/C32H36NO5S.C7H8O3S/c1-5-34-24(3)37-28-9-15-31(16-10-28)39(32-17-11-29(12-18-32)38-25(4)35-6-2)30-13-7-27(8-14-30)36-23-26-19-21-33-22-20-26;1-6-2-4-7(5-3-6)11(8,9)10/h7-22,24-25H,5-6,23H2,1-4H3;2-5H,1H3,(H,8,9,10)/q+1;/p-1. The number of benzene rings is 4. The van der Waals surface area contributed by atoms with Crippen LogP contribution in [0, 0.1) is 6.92 Å². The highest BCUT2D eigenvalue weighted by molar-refractivity contribution is 7.97. The Morgan fingerprint density at radius 3 is 1.46 bits per heavy atom. The average molecular weight is 718 g/mol. The highest BCUT2D eigenvalue weighted by Crippen LogP contribution is 2.34. The fraction of sp³-hybridized carbons (Fsp3) is 0.256. The SMILES string of the molecule is CCOC(C)Oc1ccc([S+](c2ccc(OCc3ccncc3)cc2)c2ccc(OC(C)OCC)cc2)cc1.Cc1ccc(S(=O)(=O)[O-])cc1. The number of aromatic nitrogens is 1. The molecule has 0 radical (unpaired) electrons. The van der Waals surface area contributed by atoms with Crippen LogP contribution in [0.15, 0.2) is 141 Å². The number of rotatable bonds is 15. The number of pyridine rings is 1. The minimum atomic E-state index is -4.27. The van der Waals surface area contributed by atoms with Crippen LogP contribution in [0.25, 0.3) is 0 Å². The molecule has 2 atom stereocenters. The lowest BCUT2D eigenvalue weighted by molar-refractivity contribution is -0.0616. The third-order valence-corrected chi connectivity index (χ3v) is 10.1. The van der Waals surface area contributed by atoms with Gasteiger partial charge in [0.25, 0.3) is 0 Å². The predicted molar refractivity (Wildman–Crippen MR) is 193 cm³/mol. The summed E-state index contributed by atoms with van der Waals surface area (Å²) >= 11 is 0. The first kappa shape index (κ1) is 38.4. The molecule has 5 aromatic rings. The first-order valence-corrected chi connectivity index (χ1v) is 18.8. The van der Waals surface area contributed by atoms with Crippen molar-refractivity contribution in [2.75, 3.05) is 13.2 Å². The van der Waals surface area contributed by atoms with E-state index in [1.165, 1.54) is 26.8 Å². The maximum absolute atomic E-state index is 10.4. The normalized spacial score (nSPS) is 12.9. The van der Waals surface area contributed by atoms with E-state index in [9.17, 15) is 13.0 Å². The molecule has 11 heteroatoms. The lowest BCUT2D eigenvalue weighted by Gasteiger charge is -2.15. The zero-order valence-electron chi connectivity index (χ0n) is 28.9. The number of aryl methyl sites for hydroxylation is 1. The second-order valence-electron chi connectivity index (χ2n) is 10.9. The highest BCUT2D eigenvalue weighted by atomic mass is 32.2. The van der Waals surface area contributed by atoms with Crippen molar-refractivity contribution in [2.45, 2.75) is 73.4 Å². The van der Waals surface area contributed by atoms with E-state index in [-0.39, 0.29) is 28.4 Å². The van der Waals surface area contributed by atoms with E-state index in [1.807, 2.05) is 83.1 Å². The van der Waals surface area contributed by atoms with Crippen molar-refractivity contribution in [1.82, 2.24) is 4.98 Å². The Labute approximate surface area is 298 Å². The fourth-order valence-electron chi connectivity index (χ4n) is 4.66. The predicted octanol–water partition coefficient (Wildman–Crippen LogP) is 8.18. The monoisotopic (exact) mass is 717 g/mol. The van der Waals surface area contributed by atoms with Gasteiger partial charge in [-0.2, -0.15) is 0 Å². The third-order valence-electron chi connectivity index (χ3n) is 7.05. The molecule has 50 heavy (non-hydrogen) atoms. The van der Waals surface area contributed by atoms with Gasteiger partial charge in [-0.15, -0.1) is 0 Å². The Morgan fingerprint density at radius 2 is 1.06 bits per heavy atom. The van der Waals surface area contributed by atoms with Gasteiger partial charge in [0.1, 0.15) is 34.0 Å². The number of ether oxygens (including phenoxy) is 5. The zero-order valence-corrected chi connectivity index (χ0v) is 30.5. The number of nitrogens with zero attached hydrogens (tertiary/aromatic N) is 1. The molecule has 0 bridgehead atoms. The van der Waals surface area contributed by atoms with Gasteiger partial charge in [-0.1, -0.05) is 17.7 Å². The van der Waals surface area contributed by atoms with Gasteiger partial charge < -0.3 is 28.2 Å². The fourth-order valence-corrected chi connectivity index (χ4v) is 7.17. The summed E-state index contributed by atoms with van der Waals surface area (Å²) in [7, 11) is -4.62. The Morgan fingerprint density at radius 1 is 0.640 bits per heavy atom. The third kappa shape index (κ3) is 12.2. The topological polar surface area (TPSA) is 116 Å². The first-order chi connectivity index (χ1) is 24.0. The molecule has 4 aromatic carbocycles. The molecular formula is C39H43NO8S2. The van der Waals surface area contributed by atoms with E-state index in [0.717, 1.165) is 28.4 Å². The maximum Gasteiger partial charge on any atom is 0.196 e. The van der Waals surface area contributed by atoms with Gasteiger partial charge in [0.15, 0.2) is 27.3 Å². The van der Waals surface area contributed by atoms with Crippen molar-refractivity contribution in [1.29, 1.82) is 0 Å². The summed E-state index contributed by atoms with van der Waals surface area (Å²) in [6, 6.07) is 34.5. The first-order valence-electron chi connectivity index (χ1n) is 16.2. The molecule has 0 saturated heterocycles. The molecule has 0 N–H and O–H groups in total. The van der Waals surface area contributed by atoms with Gasteiger partial charge in [-0.3, -0.25) is 4.98 Å². The molecule has 9 nitrogen and oxygen atoms in total. The van der Waals surface area contributed by atoms with Crippen LogP contribution in [0.4, 0.5) is 0 Å². The number of hydrogen-bond acceptors (Lipinski definition) is 9. The molecular weight excluding hydrogens is 675 g/mol. The Bertz CT molecular complexity index is 1760. The van der Waals surface area contributed by atoms with Crippen LogP contribution in [0.3, 0.4) is 0 Å². The van der Waals surface area contributed by atoms with Gasteiger partial charge in [0.2, 0.25) is 0 Å². The molecule has 1 heterocycles. The summed E-state index contributed by atoms with van der Waals surface area (Å²) in [6.45, 7) is 11.2. The summed E-state index contributed by atoms with van der Waals surface area (Å²) in [6.07, 6.45) is 2.94. The minimum absolute atomic E-state index is 0.178. The van der Waals surface area contributed by atoms with Crippen molar-refractivity contribution in [3.63, 3.8) is 0 Å². The van der Waals surface area contributed by atoms with Crippen LogP contribution in [0.2, 0.25) is 0 Å². The molecule has 0 aliphatic heterocycles. The van der Waals surface area contributed by atoms with Gasteiger partial charge in [0, 0.05) is 25.6 Å². The highest BCUT2D eigenvalue weighted by Gasteiger charge is 2.29. The lowest BCUT2D eigenvalue weighted by atomic mass is 10.2. The van der Waals surface area contributed by atoms with Crippen molar-refractivity contribution in [2.24, 2.45) is 0 Å². The molecule has 0 saturated carbocycles. The Balaban J connectivity index is 0.000000435. The van der Waals surface area contributed by atoms with Gasteiger partial charge in [0.05, 0.1) is 15.8 Å². The minimum Gasteiger partial charge on any atom is -0.744 e. The summed E-state index contributed by atoms with van der Waals surface area (Å²) in [4.78, 5) is 7.41. The quantitative estimate of drug-likeness (QED) is 0.0601. The Kier molecular flexibility index (Phi) is 14.7. The maximum atomic E-state index is 10.4. The van der Waals surface area contributed by atoms with Gasteiger partial charge in [-0.05, 0) is 137 Å². The van der Waals surface area contributed by atoms with Gasteiger partial charge >= 0.3 is 0 Å². The summed E-state index contributed by atoms with van der Waals surface area (Å²) in [5.41, 5.74) is 2.01. The molecule has 2 unspecified atom stereocenters. The van der Waals surface area contributed by atoms with Crippen LogP contribution in [0.5, 0.6) is 17.2 Å². The average Bonchev–Trinajstić information content (AvgIpc) is 3.10. The second-order valence-corrected chi connectivity index (χ2v) is 14.3. The smallest absolute Gasteiger partial charge is 0.196 e. The largest absolute Gasteiger partial charge is 0.744 e. The van der Waals surface area contributed by atoms with E-state index in [0.29, 0.717) is 19.8 Å². The van der Waals surface area contributed by atoms with Gasteiger partial charge in [-0.25, -0.2) is 8.42 Å². The summed E-state index contributed by atoms with van der Waals surface area (Å²) in [5, 5.41) is 0. The van der Waals surface area contributed by atoms with E-state index >= 15 is 0 Å². The van der Waals surface area contributed by atoms with Crippen molar-refractivity contribution in [3.8, 4) is 17.2 Å². The lowest BCUT2D eigenvalue weighted by Crippen LogP contribution is -2.16. The number of hydrogen-bond donors (Lipinski definition) is 0. The molecule has 0 aliphatic rings. The summed E-state index contributed by atoms with van der Waals surface area (Å²) < 4.78 is 60.0. The van der Waals surface area contributed by atoms with Crippen LogP contribution in [-0.4, -0.2) is 43.7 Å². The second kappa shape index (κ2) is 19.1. The molecule has 0 aliphatic carbocycles. The molecule has 0 spiro atoms. The molecule has 264 valence electrons. The molecule has 0 fully saturated rings. The Hall–Kier alpha value is -4.39. The molecule has 5 rings (SSSR count). The summed E-state index contributed by atoms with van der Waals surface area (Å²) in [5.74, 6) is 2.37. The van der Waals surface area contributed by atoms with Crippen LogP contribution in [0.1, 0.15) is 38.8 Å². The van der Waals surface area contributed by atoms with Crippen molar-refractivity contribution >= 4 is 21.0 Å². The van der Waals surface area contributed by atoms with E-state index in [2.05, 4.69) is 41.4 Å². The van der Waals surface area contributed by atoms with E-state index < -0.39 is 10.1 Å². The zero-order chi connectivity index (χ0) is 35.9. The van der Waals surface area contributed by atoms with Crippen LogP contribution < -0.4 is 14.2 Å². The van der Waals surface area contributed by atoms with Crippen molar-refractivity contribution < 1.29 is 36.7 Å². The van der Waals surface area contributed by atoms with Crippen LogP contribution in [-0.2, 0) is 37.1 Å². The van der Waals surface area contributed by atoms with E-state index in [1.54, 1.807) is 24.5 Å². The molecule has 1 aromatic heterocycles. The van der Waals surface area contributed by atoms with Crippen LogP contribution >= 0.6 is 0 Å².